The first-order valence-corrected chi connectivity index (χ1v) is 3.88. The Labute approximate surface area is 62.2 Å². The number of hydrogen-bond donors (Lipinski definition) is 1. The van der Waals surface area contributed by atoms with Crippen molar-refractivity contribution in [1.29, 1.82) is 0 Å². The quantitative estimate of drug-likeness (QED) is 0.587. The lowest BCUT2D eigenvalue weighted by Gasteiger charge is -2.18. The van der Waals surface area contributed by atoms with Crippen molar-refractivity contribution in [3.8, 4) is 0 Å². The lowest BCUT2D eigenvalue weighted by molar-refractivity contribution is 0.0253. The van der Waals surface area contributed by atoms with Gasteiger partial charge in [-0.05, 0) is 13.5 Å². The topological polar surface area (TPSA) is 26.7 Å². The Balaban J connectivity index is 2.28. The summed E-state index contributed by atoms with van der Waals surface area (Å²) >= 11 is 0. The van der Waals surface area contributed by atoms with Crippen LogP contribution in [0.2, 0.25) is 0 Å². The third-order valence-corrected chi connectivity index (χ3v) is 2.06. The first kappa shape index (κ1) is 7.98. The van der Waals surface area contributed by atoms with Crippen molar-refractivity contribution < 1.29 is 5.11 Å². The average molecular weight is 144 g/mol. The Morgan fingerprint density at radius 2 is 2.20 bits per heavy atom. The van der Waals surface area contributed by atoms with Gasteiger partial charge in [-0.15, -0.1) is 0 Å². The van der Waals surface area contributed by atoms with E-state index >= 15 is 0 Å². The molecule has 0 amide bonds. The van der Waals surface area contributed by atoms with E-state index in [4.69, 9.17) is 5.11 Å². The molecule has 0 spiro atoms. The second kappa shape index (κ2) is 3.32. The van der Waals surface area contributed by atoms with Crippen LogP contribution in [0, 0.1) is 0 Å². The van der Waals surface area contributed by atoms with Crippen molar-refractivity contribution >= 4 is 0 Å². The minimum absolute atomic E-state index is 0.281. The lowest BCUT2D eigenvalue weighted by atomic mass is 10.5. The zero-order chi connectivity index (χ0) is 7.56. The monoisotopic (exact) mass is 144 g/mol. The molecule has 1 saturated heterocycles. The number of nitrogens with zero attached hydrogens (tertiary/aromatic N) is 2. The van der Waals surface area contributed by atoms with Crippen LogP contribution < -0.4 is 0 Å². The van der Waals surface area contributed by atoms with Gasteiger partial charge in [0.1, 0.15) is 6.23 Å². The molecule has 1 unspecified atom stereocenters. The van der Waals surface area contributed by atoms with Crippen LogP contribution in [-0.4, -0.2) is 47.4 Å². The molecule has 3 nitrogen and oxygen atoms in total. The fraction of sp³-hybridized carbons (Fsp3) is 1.00. The summed E-state index contributed by atoms with van der Waals surface area (Å²) in [7, 11) is 0. The zero-order valence-corrected chi connectivity index (χ0v) is 6.75. The van der Waals surface area contributed by atoms with Gasteiger partial charge in [0.05, 0.1) is 6.67 Å². The Kier molecular flexibility index (Phi) is 2.65. The van der Waals surface area contributed by atoms with Crippen LogP contribution in [0.15, 0.2) is 0 Å². The summed E-state index contributed by atoms with van der Waals surface area (Å²) < 4.78 is 0. The SMILES string of the molecule is CCN1CCN(C(C)O)C1. The highest BCUT2D eigenvalue weighted by atomic mass is 16.3. The molecule has 60 valence electrons. The number of aliphatic hydroxyl groups excluding tert-OH is 1. The van der Waals surface area contributed by atoms with Crippen molar-refractivity contribution in [2.45, 2.75) is 20.1 Å². The summed E-state index contributed by atoms with van der Waals surface area (Å²) in [5, 5.41) is 9.16. The largest absolute Gasteiger partial charge is 0.379 e. The second-order valence-corrected chi connectivity index (χ2v) is 2.80. The summed E-state index contributed by atoms with van der Waals surface area (Å²) in [5.74, 6) is 0. The van der Waals surface area contributed by atoms with Crippen LogP contribution in [0.5, 0.6) is 0 Å². The van der Waals surface area contributed by atoms with Gasteiger partial charge in [-0.25, -0.2) is 0 Å². The molecule has 1 heterocycles. The Morgan fingerprint density at radius 1 is 1.50 bits per heavy atom. The highest BCUT2D eigenvalue weighted by molar-refractivity contribution is 4.69. The fourth-order valence-electron chi connectivity index (χ4n) is 1.23. The summed E-state index contributed by atoms with van der Waals surface area (Å²) in [5.41, 5.74) is 0. The van der Waals surface area contributed by atoms with Crippen LogP contribution in [-0.2, 0) is 0 Å². The molecule has 0 bridgehead atoms. The maximum Gasteiger partial charge on any atom is 0.105 e. The predicted octanol–water partition coefficient (Wildman–Crippen LogP) is -0.0803. The van der Waals surface area contributed by atoms with Gasteiger partial charge in [-0.2, -0.15) is 0 Å². The van der Waals surface area contributed by atoms with Crippen LogP contribution in [0.3, 0.4) is 0 Å². The van der Waals surface area contributed by atoms with Gasteiger partial charge in [0.2, 0.25) is 0 Å². The molecule has 0 radical (unpaired) electrons. The molecule has 1 aliphatic rings. The van der Waals surface area contributed by atoms with Crippen molar-refractivity contribution in [3.05, 3.63) is 0 Å². The lowest BCUT2D eigenvalue weighted by Crippen LogP contribution is -2.32. The van der Waals surface area contributed by atoms with Gasteiger partial charge in [0, 0.05) is 13.1 Å². The highest BCUT2D eigenvalue weighted by Gasteiger charge is 2.20. The molecule has 3 heteroatoms. The highest BCUT2D eigenvalue weighted by Crippen LogP contribution is 2.05. The molecular weight excluding hydrogens is 128 g/mol. The van der Waals surface area contributed by atoms with Crippen LogP contribution in [0.1, 0.15) is 13.8 Å². The van der Waals surface area contributed by atoms with Gasteiger partial charge in [-0.1, -0.05) is 6.92 Å². The van der Waals surface area contributed by atoms with E-state index in [1.54, 1.807) is 0 Å². The first-order valence-electron chi connectivity index (χ1n) is 3.88. The third kappa shape index (κ3) is 1.68. The van der Waals surface area contributed by atoms with Gasteiger partial charge >= 0.3 is 0 Å². The molecule has 1 atom stereocenters. The van der Waals surface area contributed by atoms with E-state index in [2.05, 4.69) is 16.7 Å². The molecule has 0 aliphatic carbocycles. The summed E-state index contributed by atoms with van der Waals surface area (Å²) in [6.45, 7) is 8.08. The van der Waals surface area contributed by atoms with Crippen molar-refractivity contribution in [2.75, 3.05) is 26.3 Å². The maximum atomic E-state index is 9.16. The molecule has 1 rings (SSSR count). The van der Waals surface area contributed by atoms with Crippen molar-refractivity contribution in [1.82, 2.24) is 9.80 Å². The van der Waals surface area contributed by atoms with Crippen molar-refractivity contribution in [3.63, 3.8) is 0 Å². The molecule has 1 fully saturated rings. The average Bonchev–Trinajstić information content (AvgIpc) is 2.34. The molecular formula is C7H16N2O. The van der Waals surface area contributed by atoms with Gasteiger partial charge in [0.25, 0.3) is 0 Å². The van der Waals surface area contributed by atoms with Gasteiger partial charge < -0.3 is 5.11 Å². The molecule has 0 aromatic carbocycles. The van der Waals surface area contributed by atoms with Crippen molar-refractivity contribution in [2.24, 2.45) is 0 Å². The van der Waals surface area contributed by atoms with E-state index < -0.39 is 0 Å². The number of likely N-dealkylation sites (N-methyl/N-ethyl adjacent to an activating group) is 1. The molecule has 0 saturated carbocycles. The van der Waals surface area contributed by atoms with Gasteiger partial charge in [-0.3, -0.25) is 9.80 Å². The molecule has 1 aliphatic heterocycles. The fourth-order valence-corrected chi connectivity index (χ4v) is 1.23. The van der Waals surface area contributed by atoms with E-state index in [-0.39, 0.29) is 6.23 Å². The normalized spacial score (nSPS) is 25.5. The minimum Gasteiger partial charge on any atom is -0.379 e. The van der Waals surface area contributed by atoms with Crippen LogP contribution in [0.4, 0.5) is 0 Å². The Hall–Kier alpha value is -0.120. The summed E-state index contributed by atoms with van der Waals surface area (Å²) in [6, 6.07) is 0. The van der Waals surface area contributed by atoms with E-state index in [9.17, 15) is 0 Å². The number of rotatable bonds is 2. The summed E-state index contributed by atoms with van der Waals surface area (Å²) in [4.78, 5) is 4.37. The first-order chi connectivity index (χ1) is 4.74. The van der Waals surface area contributed by atoms with Gasteiger partial charge in [0.15, 0.2) is 0 Å². The molecule has 1 N–H and O–H groups in total. The standard InChI is InChI=1S/C7H16N2O/c1-3-8-4-5-9(6-8)7(2)10/h7,10H,3-6H2,1-2H3. The zero-order valence-electron chi connectivity index (χ0n) is 6.75. The van der Waals surface area contributed by atoms with E-state index in [0.717, 1.165) is 26.3 Å². The third-order valence-electron chi connectivity index (χ3n) is 2.06. The smallest absolute Gasteiger partial charge is 0.105 e. The predicted molar refractivity (Wildman–Crippen MR) is 40.5 cm³/mol. The van der Waals surface area contributed by atoms with Crippen LogP contribution >= 0.6 is 0 Å². The number of aliphatic hydroxyl groups is 1. The maximum absolute atomic E-state index is 9.16. The molecule has 10 heavy (non-hydrogen) atoms. The van der Waals surface area contributed by atoms with E-state index in [0.29, 0.717) is 0 Å². The summed E-state index contributed by atoms with van der Waals surface area (Å²) in [6.07, 6.45) is -0.281. The Bertz CT molecular complexity index is 106. The minimum atomic E-state index is -0.281. The van der Waals surface area contributed by atoms with E-state index in [1.807, 2.05) is 6.92 Å². The van der Waals surface area contributed by atoms with E-state index in [1.165, 1.54) is 0 Å². The number of hydrogen-bond acceptors (Lipinski definition) is 3. The second-order valence-electron chi connectivity index (χ2n) is 2.80. The van der Waals surface area contributed by atoms with Crippen LogP contribution in [0.25, 0.3) is 0 Å². The molecule has 0 aromatic rings. The molecule has 0 aromatic heterocycles. The Morgan fingerprint density at radius 3 is 2.50 bits per heavy atom.